The van der Waals surface area contributed by atoms with Crippen molar-refractivity contribution in [3.8, 4) is 0 Å². The number of carbonyl (C=O) groups excluding carboxylic acids is 2. The van der Waals surface area contributed by atoms with E-state index in [1.165, 1.54) is 0 Å². The Hall–Kier alpha value is -1.86. The van der Waals surface area contributed by atoms with Crippen LogP contribution < -0.4 is 17.0 Å². The largest absolute Gasteiger partial charge is 0.464 e. The van der Waals surface area contributed by atoms with Crippen LogP contribution in [0.1, 0.15) is 28.3 Å². The SMILES string of the molecule is Cc1oc(CN2CCC(C(N)=O)C2)cc1C(=O)NN. The summed E-state index contributed by atoms with van der Waals surface area (Å²) in [6.07, 6.45) is 0.769. The van der Waals surface area contributed by atoms with Crippen LogP contribution in [0.4, 0.5) is 0 Å². The van der Waals surface area contributed by atoms with Gasteiger partial charge in [0.05, 0.1) is 18.0 Å². The molecule has 19 heavy (non-hydrogen) atoms. The molecular formula is C12H18N4O3. The van der Waals surface area contributed by atoms with Gasteiger partial charge in [-0.05, 0) is 26.0 Å². The summed E-state index contributed by atoms with van der Waals surface area (Å²) in [5, 5.41) is 0. The first-order valence-corrected chi connectivity index (χ1v) is 6.13. The number of carbonyl (C=O) groups is 2. The molecule has 7 nitrogen and oxygen atoms in total. The van der Waals surface area contributed by atoms with Crippen molar-refractivity contribution in [3.05, 3.63) is 23.2 Å². The predicted octanol–water partition coefficient (Wildman–Crippen LogP) is -0.501. The number of amides is 2. The van der Waals surface area contributed by atoms with Gasteiger partial charge in [0.1, 0.15) is 11.5 Å². The molecule has 1 fully saturated rings. The van der Waals surface area contributed by atoms with E-state index in [2.05, 4.69) is 10.3 Å². The smallest absolute Gasteiger partial charge is 0.268 e. The summed E-state index contributed by atoms with van der Waals surface area (Å²) in [5.74, 6) is 5.58. The van der Waals surface area contributed by atoms with E-state index in [0.29, 0.717) is 30.2 Å². The van der Waals surface area contributed by atoms with Gasteiger partial charge in [0.25, 0.3) is 5.91 Å². The second-order valence-electron chi connectivity index (χ2n) is 4.78. The first-order valence-electron chi connectivity index (χ1n) is 6.13. The van der Waals surface area contributed by atoms with Gasteiger partial charge in [-0.1, -0.05) is 0 Å². The number of primary amides is 1. The van der Waals surface area contributed by atoms with E-state index in [1.807, 2.05) is 0 Å². The van der Waals surface area contributed by atoms with Gasteiger partial charge in [-0.25, -0.2) is 5.84 Å². The normalized spacial score (nSPS) is 19.6. The molecule has 1 aromatic heterocycles. The molecule has 2 heterocycles. The highest BCUT2D eigenvalue weighted by molar-refractivity contribution is 5.94. The minimum absolute atomic E-state index is 0.0946. The second kappa shape index (κ2) is 5.41. The predicted molar refractivity (Wildman–Crippen MR) is 67.7 cm³/mol. The highest BCUT2D eigenvalue weighted by atomic mass is 16.3. The van der Waals surface area contributed by atoms with Gasteiger partial charge < -0.3 is 10.2 Å². The lowest BCUT2D eigenvalue weighted by molar-refractivity contribution is -0.121. The number of nitrogen functional groups attached to an aromatic ring is 1. The first-order chi connectivity index (χ1) is 9.01. The summed E-state index contributed by atoms with van der Waals surface area (Å²) in [6, 6.07) is 1.68. The van der Waals surface area contributed by atoms with E-state index < -0.39 is 0 Å². The summed E-state index contributed by atoms with van der Waals surface area (Å²) in [7, 11) is 0. The Balaban J connectivity index is 2.01. The Bertz CT molecular complexity index is 497. The number of furan rings is 1. The lowest BCUT2D eigenvalue weighted by Gasteiger charge is -2.12. The molecule has 0 aromatic carbocycles. The molecule has 104 valence electrons. The molecule has 1 atom stereocenters. The molecule has 5 N–H and O–H groups in total. The third-order valence-corrected chi connectivity index (χ3v) is 3.40. The summed E-state index contributed by atoms with van der Waals surface area (Å²) >= 11 is 0. The van der Waals surface area contributed by atoms with Gasteiger partial charge in [-0.2, -0.15) is 0 Å². The number of hydrogen-bond donors (Lipinski definition) is 3. The highest BCUT2D eigenvalue weighted by Gasteiger charge is 2.27. The molecule has 0 bridgehead atoms. The number of nitrogens with one attached hydrogen (secondary N) is 1. The van der Waals surface area contributed by atoms with Crippen LogP contribution in [0.25, 0.3) is 0 Å². The number of nitrogens with two attached hydrogens (primary N) is 2. The fourth-order valence-corrected chi connectivity index (χ4v) is 2.35. The van der Waals surface area contributed by atoms with Gasteiger partial charge in [0, 0.05) is 6.54 Å². The number of hydrazine groups is 1. The third-order valence-electron chi connectivity index (χ3n) is 3.40. The summed E-state index contributed by atoms with van der Waals surface area (Å²) in [6.45, 7) is 3.70. The maximum Gasteiger partial charge on any atom is 0.268 e. The Morgan fingerprint density at radius 2 is 2.32 bits per heavy atom. The van der Waals surface area contributed by atoms with Crippen LogP contribution in [0, 0.1) is 12.8 Å². The minimum atomic E-state index is -0.371. The van der Waals surface area contributed by atoms with Crippen LogP contribution in [0.3, 0.4) is 0 Å². The molecule has 0 spiro atoms. The van der Waals surface area contributed by atoms with Crippen LogP contribution in [0.2, 0.25) is 0 Å². The summed E-state index contributed by atoms with van der Waals surface area (Å²) in [5.41, 5.74) is 7.79. The second-order valence-corrected chi connectivity index (χ2v) is 4.78. The van der Waals surface area contributed by atoms with Gasteiger partial charge in [-0.3, -0.25) is 19.9 Å². The van der Waals surface area contributed by atoms with Gasteiger partial charge in [-0.15, -0.1) is 0 Å². The molecule has 7 heteroatoms. The monoisotopic (exact) mass is 266 g/mol. The molecule has 0 aliphatic carbocycles. The van der Waals surface area contributed by atoms with Crippen molar-refractivity contribution in [2.45, 2.75) is 19.9 Å². The molecule has 0 radical (unpaired) electrons. The molecule has 0 saturated carbocycles. The maximum atomic E-state index is 11.5. The molecule has 1 aromatic rings. The standard InChI is InChI=1S/C12H18N4O3/c1-7-10(12(18)15-14)4-9(19-7)6-16-3-2-8(5-16)11(13)17/h4,8H,2-3,5-6,14H2,1H3,(H2,13,17)(H,15,18). The van der Waals surface area contributed by atoms with Crippen molar-refractivity contribution in [1.29, 1.82) is 0 Å². The van der Waals surface area contributed by atoms with E-state index in [1.54, 1.807) is 13.0 Å². The van der Waals surface area contributed by atoms with E-state index in [0.717, 1.165) is 13.0 Å². The Labute approximate surface area is 110 Å². The zero-order valence-electron chi connectivity index (χ0n) is 10.8. The fraction of sp³-hybridized carbons (Fsp3) is 0.500. The quantitative estimate of drug-likeness (QED) is 0.386. The number of hydrogen-bond acceptors (Lipinski definition) is 5. The number of nitrogens with zero attached hydrogens (tertiary/aromatic N) is 1. The van der Waals surface area contributed by atoms with Crippen molar-refractivity contribution in [1.82, 2.24) is 10.3 Å². The van der Waals surface area contributed by atoms with Gasteiger partial charge in [0.15, 0.2) is 0 Å². The zero-order valence-corrected chi connectivity index (χ0v) is 10.8. The average molecular weight is 266 g/mol. The Kier molecular flexibility index (Phi) is 3.87. The fourth-order valence-electron chi connectivity index (χ4n) is 2.35. The van der Waals surface area contributed by atoms with Crippen LogP contribution in [0.5, 0.6) is 0 Å². The number of aryl methyl sites for hydroxylation is 1. The Morgan fingerprint density at radius 1 is 1.58 bits per heavy atom. The average Bonchev–Trinajstić information content (AvgIpc) is 2.96. The summed E-state index contributed by atoms with van der Waals surface area (Å²) in [4.78, 5) is 24.6. The molecule has 1 saturated heterocycles. The van der Waals surface area contributed by atoms with Crippen LogP contribution in [0.15, 0.2) is 10.5 Å². The molecule has 1 aliphatic heterocycles. The van der Waals surface area contributed by atoms with Crippen LogP contribution in [-0.4, -0.2) is 29.8 Å². The minimum Gasteiger partial charge on any atom is -0.464 e. The van der Waals surface area contributed by atoms with Crippen LogP contribution in [-0.2, 0) is 11.3 Å². The van der Waals surface area contributed by atoms with E-state index >= 15 is 0 Å². The molecule has 1 aliphatic rings. The highest BCUT2D eigenvalue weighted by Crippen LogP contribution is 2.21. The lowest BCUT2D eigenvalue weighted by Crippen LogP contribution is -2.30. The Morgan fingerprint density at radius 3 is 2.89 bits per heavy atom. The zero-order chi connectivity index (χ0) is 14.0. The van der Waals surface area contributed by atoms with Crippen molar-refractivity contribution in [2.75, 3.05) is 13.1 Å². The van der Waals surface area contributed by atoms with Gasteiger partial charge >= 0.3 is 0 Å². The third kappa shape index (κ3) is 2.94. The van der Waals surface area contributed by atoms with E-state index in [9.17, 15) is 9.59 Å². The van der Waals surface area contributed by atoms with Crippen molar-refractivity contribution >= 4 is 11.8 Å². The topological polar surface area (TPSA) is 115 Å². The van der Waals surface area contributed by atoms with Crippen molar-refractivity contribution in [3.63, 3.8) is 0 Å². The molecule has 2 amide bonds. The lowest BCUT2D eigenvalue weighted by atomic mass is 10.1. The molecule has 2 rings (SSSR count). The van der Waals surface area contributed by atoms with E-state index in [4.69, 9.17) is 16.0 Å². The van der Waals surface area contributed by atoms with Crippen LogP contribution >= 0.6 is 0 Å². The first kappa shape index (κ1) is 13.6. The summed E-state index contributed by atoms with van der Waals surface area (Å²) < 4.78 is 5.52. The maximum absolute atomic E-state index is 11.5. The molecular weight excluding hydrogens is 248 g/mol. The van der Waals surface area contributed by atoms with Gasteiger partial charge in [0.2, 0.25) is 5.91 Å². The van der Waals surface area contributed by atoms with Crippen molar-refractivity contribution < 1.29 is 14.0 Å². The van der Waals surface area contributed by atoms with Crippen molar-refractivity contribution in [2.24, 2.45) is 17.5 Å². The van der Waals surface area contributed by atoms with E-state index in [-0.39, 0.29) is 17.7 Å². The number of rotatable bonds is 4. The molecule has 1 unspecified atom stereocenters. The number of likely N-dealkylation sites (tertiary alicyclic amines) is 1.